The fourth-order valence-electron chi connectivity index (χ4n) is 5.18. The second kappa shape index (κ2) is 14.0. The number of alkyl halides is 3. The molecule has 46 heavy (non-hydrogen) atoms. The molecule has 16 heteroatoms. The highest BCUT2D eigenvalue weighted by Gasteiger charge is 2.53. The lowest BCUT2D eigenvalue weighted by Crippen LogP contribution is -2.60. The number of aromatic nitrogens is 1. The molecule has 4 rings (SSSR count). The van der Waals surface area contributed by atoms with E-state index in [1.54, 1.807) is 12.1 Å². The number of ether oxygens (including phenoxy) is 6. The SMILES string of the molecule is CC(=O)OC[C@H]1O[C@@H](n2cc(C(O)c3ccc(OC(F)(F)F)cc3)c3c(Cl)cccc32)[C@H](OC(C)=O)[C@@H](OC(C)=O)[C@@H]1OC(C)=O. The van der Waals surface area contributed by atoms with Gasteiger partial charge in [-0.2, -0.15) is 0 Å². The number of esters is 4. The summed E-state index contributed by atoms with van der Waals surface area (Å²) in [5, 5.41) is 11.9. The van der Waals surface area contributed by atoms with Crippen molar-refractivity contribution in [3.8, 4) is 5.75 Å². The van der Waals surface area contributed by atoms with Crippen LogP contribution in [-0.2, 0) is 42.9 Å². The quantitative estimate of drug-likeness (QED) is 0.253. The number of aliphatic hydroxyl groups is 1. The number of aliphatic hydroxyl groups excluding tert-OH is 1. The number of benzene rings is 2. The Morgan fingerprint density at radius 1 is 0.891 bits per heavy atom. The van der Waals surface area contributed by atoms with Crippen LogP contribution >= 0.6 is 11.6 Å². The van der Waals surface area contributed by atoms with Gasteiger partial charge in [-0.05, 0) is 29.8 Å². The van der Waals surface area contributed by atoms with Gasteiger partial charge in [0.1, 0.15) is 24.6 Å². The first kappa shape index (κ1) is 34.5. The van der Waals surface area contributed by atoms with Crippen molar-refractivity contribution in [2.45, 2.75) is 70.8 Å². The van der Waals surface area contributed by atoms with Gasteiger partial charge in [-0.25, -0.2) is 0 Å². The number of rotatable bonds is 9. The highest BCUT2D eigenvalue weighted by atomic mass is 35.5. The number of hydrogen-bond acceptors (Lipinski definition) is 11. The number of halogens is 4. The van der Waals surface area contributed by atoms with E-state index in [-0.39, 0.29) is 16.1 Å². The molecule has 0 bridgehead atoms. The highest BCUT2D eigenvalue weighted by molar-refractivity contribution is 6.35. The summed E-state index contributed by atoms with van der Waals surface area (Å²) in [4.78, 5) is 48.3. The Kier molecular flexibility index (Phi) is 10.5. The molecule has 1 N–H and O–H groups in total. The van der Waals surface area contributed by atoms with Crippen molar-refractivity contribution >= 4 is 46.4 Å². The Morgan fingerprint density at radius 2 is 1.48 bits per heavy atom. The molecule has 2 heterocycles. The first-order valence-corrected chi connectivity index (χ1v) is 14.1. The first-order chi connectivity index (χ1) is 21.6. The summed E-state index contributed by atoms with van der Waals surface area (Å²) in [6, 6.07) is 9.27. The predicted molar refractivity (Wildman–Crippen MR) is 151 cm³/mol. The van der Waals surface area contributed by atoms with Crippen LogP contribution in [0, 0.1) is 0 Å². The van der Waals surface area contributed by atoms with Crippen molar-refractivity contribution in [3.63, 3.8) is 0 Å². The molecule has 0 spiro atoms. The largest absolute Gasteiger partial charge is 0.573 e. The van der Waals surface area contributed by atoms with Crippen LogP contribution < -0.4 is 4.74 Å². The third-order valence-corrected chi connectivity index (χ3v) is 7.12. The maximum absolute atomic E-state index is 12.7. The van der Waals surface area contributed by atoms with Crippen molar-refractivity contribution in [1.29, 1.82) is 0 Å². The minimum absolute atomic E-state index is 0.174. The Balaban J connectivity index is 1.86. The van der Waals surface area contributed by atoms with Crippen molar-refractivity contribution in [1.82, 2.24) is 4.57 Å². The number of carbonyl (C=O) groups excluding carboxylic acids is 4. The van der Waals surface area contributed by atoms with E-state index in [1.807, 2.05) is 0 Å². The normalized spacial score (nSPS) is 22.1. The van der Waals surface area contributed by atoms with E-state index in [1.165, 1.54) is 29.0 Å². The average molecular weight is 672 g/mol. The minimum atomic E-state index is -4.91. The number of fused-ring (bicyclic) bond motifs is 1. The van der Waals surface area contributed by atoms with E-state index in [9.17, 15) is 37.5 Å². The van der Waals surface area contributed by atoms with Gasteiger partial charge < -0.3 is 38.1 Å². The highest BCUT2D eigenvalue weighted by Crippen LogP contribution is 2.41. The summed E-state index contributed by atoms with van der Waals surface area (Å²) in [5.74, 6) is -3.62. The summed E-state index contributed by atoms with van der Waals surface area (Å²) >= 11 is 6.58. The Hall–Kier alpha value is -4.34. The van der Waals surface area contributed by atoms with Gasteiger partial charge in [0.05, 0.1) is 10.5 Å². The van der Waals surface area contributed by atoms with Gasteiger partial charge in [-0.1, -0.05) is 29.8 Å². The second-order valence-corrected chi connectivity index (χ2v) is 10.6. The molecule has 1 aliphatic rings. The smallest absolute Gasteiger partial charge is 0.463 e. The van der Waals surface area contributed by atoms with E-state index in [2.05, 4.69) is 4.74 Å². The molecule has 248 valence electrons. The summed E-state index contributed by atoms with van der Waals surface area (Å²) in [6.45, 7) is 3.96. The summed E-state index contributed by atoms with van der Waals surface area (Å²) < 4.78 is 71.3. The van der Waals surface area contributed by atoms with Crippen molar-refractivity contribution in [2.75, 3.05) is 6.61 Å². The molecule has 0 aliphatic carbocycles. The molecule has 2 aromatic carbocycles. The van der Waals surface area contributed by atoms with E-state index in [0.717, 1.165) is 39.8 Å². The Labute approximate surface area is 264 Å². The van der Waals surface area contributed by atoms with Crippen LogP contribution in [0.25, 0.3) is 10.9 Å². The van der Waals surface area contributed by atoms with Crippen LogP contribution in [0.3, 0.4) is 0 Å². The molecule has 3 aromatic rings. The predicted octanol–water partition coefficient (Wildman–Crippen LogP) is 4.53. The molecule has 0 radical (unpaired) electrons. The molecule has 1 saturated heterocycles. The zero-order valence-corrected chi connectivity index (χ0v) is 25.5. The summed E-state index contributed by atoms with van der Waals surface area (Å²) in [6.07, 6.45) is -11.9. The minimum Gasteiger partial charge on any atom is -0.463 e. The zero-order chi connectivity index (χ0) is 33.9. The number of nitrogens with zero attached hydrogens (tertiary/aromatic N) is 1. The van der Waals surface area contributed by atoms with Crippen LogP contribution in [0.4, 0.5) is 13.2 Å². The van der Waals surface area contributed by atoms with E-state index in [4.69, 9.17) is 35.3 Å². The molecule has 0 saturated carbocycles. The molecule has 1 unspecified atom stereocenters. The maximum atomic E-state index is 12.7. The molecule has 0 amide bonds. The van der Waals surface area contributed by atoms with Crippen molar-refractivity contribution in [3.05, 3.63) is 64.8 Å². The molecule has 1 aliphatic heterocycles. The molecular weight excluding hydrogens is 643 g/mol. The van der Waals surface area contributed by atoms with Gasteiger partial charge in [0, 0.05) is 44.8 Å². The van der Waals surface area contributed by atoms with Crippen LogP contribution in [0.15, 0.2) is 48.7 Å². The van der Waals surface area contributed by atoms with Gasteiger partial charge in [-0.15, -0.1) is 13.2 Å². The molecule has 1 fully saturated rings. The average Bonchev–Trinajstić information content (AvgIpc) is 3.33. The van der Waals surface area contributed by atoms with E-state index in [0.29, 0.717) is 10.9 Å². The fourth-order valence-corrected chi connectivity index (χ4v) is 5.45. The summed E-state index contributed by atoms with van der Waals surface area (Å²) in [5.41, 5.74) is 0.687. The van der Waals surface area contributed by atoms with Gasteiger partial charge in [-0.3, -0.25) is 19.2 Å². The van der Waals surface area contributed by atoms with E-state index >= 15 is 0 Å². The van der Waals surface area contributed by atoms with Gasteiger partial charge in [0.15, 0.2) is 24.5 Å². The Morgan fingerprint density at radius 3 is 2.04 bits per heavy atom. The van der Waals surface area contributed by atoms with Crippen molar-refractivity contribution in [2.24, 2.45) is 0 Å². The molecular formula is C30H29ClF3NO11. The third-order valence-electron chi connectivity index (χ3n) is 6.80. The zero-order valence-electron chi connectivity index (χ0n) is 24.8. The Bertz CT molecular complexity index is 1610. The standard InChI is InChI=1S/C30H29ClF3NO11/c1-14(36)41-13-23-26(42-15(2)37)27(43-16(3)38)28(44-17(4)39)29(45-23)35-12-20(24-21(31)6-5-7-22(24)35)25(40)18-8-10-19(11-9-18)46-30(32,33)34/h5-12,23,25-29,40H,13H2,1-4H3/t23-,25?,26-,27+,28-,29-/m1/s1. The molecule has 12 nitrogen and oxygen atoms in total. The van der Waals surface area contributed by atoms with Gasteiger partial charge in [0.25, 0.3) is 0 Å². The van der Waals surface area contributed by atoms with Crippen LogP contribution in [-0.4, -0.2) is 70.9 Å². The fraction of sp³-hybridized carbons (Fsp3) is 0.400. The van der Waals surface area contributed by atoms with Gasteiger partial charge in [0.2, 0.25) is 0 Å². The lowest BCUT2D eigenvalue weighted by molar-refractivity contribution is -0.274. The van der Waals surface area contributed by atoms with E-state index < -0.39 is 79.3 Å². The number of hydrogen-bond donors (Lipinski definition) is 1. The lowest BCUT2D eigenvalue weighted by atomic mass is 9.97. The monoisotopic (exact) mass is 671 g/mol. The lowest BCUT2D eigenvalue weighted by Gasteiger charge is -2.44. The topological polar surface area (TPSA) is 149 Å². The second-order valence-electron chi connectivity index (χ2n) is 10.2. The summed E-state index contributed by atoms with van der Waals surface area (Å²) in [7, 11) is 0. The third kappa shape index (κ3) is 8.08. The van der Waals surface area contributed by atoms with Crippen LogP contribution in [0.2, 0.25) is 5.02 Å². The number of carbonyl (C=O) groups is 4. The van der Waals surface area contributed by atoms with Crippen molar-refractivity contribution < 1.29 is 65.9 Å². The van der Waals surface area contributed by atoms with Crippen LogP contribution in [0.5, 0.6) is 5.75 Å². The molecule has 6 atom stereocenters. The molecule has 1 aromatic heterocycles. The maximum Gasteiger partial charge on any atom is 0.573 e. The van der Waals surface area contributed by atoms with Crippen LogP contribution in [0.1, 0.15) is 51.2 Å². The van der Waals surface area contributed by atoms with Gasteiger partial charge >= 0.3 is 30.2 Å². The first-order valence-electron chi connectivity index (χ1n) is 13.7.